The molecular weight excluding hydrogens is 274 g/mol. The number of carbonyl (C=O) groups excluding carboxylic acids is 1. The molecule has 1 saturated heterocycles. The first-order chi connectivity index (χ1) is 9.47. The molecule has 0 saturated carbocycles. The number of likely N-dealkylation sites (tertiary alicyclic amines) is 1. The van der Waals surface area contributed by atoms with Crippen LogP contribution in [0, 0.1) is 0 Å². The number of rotatable bonds is 5. The lowest BCUT2D eigenvalue weighted by Crippen LogP contribution is -2.36. The molecule has 2 rings (SSSR count). The lowest BCUT2D eigenvalue weighted by molar-refractivity contribution is -0.119. The van der Waals surface area contributed by atoms with Gasteiger partial charge >= 0.3 is 0 Å². The second kappa shape index (κ2) is 6.57. The molecule has 1 aliphatic heterocycles. The van der Waals surface area contributed by atoms with Gasteiger partial charge in [0.1, 0.15) is 0 Å². The van der Waals surface area contributed by atoms with Crippen LogP contribution in [0.1, 0.15) is 17.9 Å². The number of halogens is 1. The number of hydrogen-bond acceptors (Lipinski definition) is 3. The van der Waals surface area contributed by atoms with Gasteiger partial charge in [0, 0.05) is 24.2 Å². The zero-order valence-corrected chi connectivity index (χ0v) is 12.8. The summed E-state index contributed by atoms with van der Waals surface area (Å²) in [5.41, 5.74) is 6.51. The van der Waals surface area contributed by atoms with Gasteiger partial charge in [-0.3, -0.25) is 4.79 Å². The fraction of sp³-hybridized carbons (Fsp3) is 0.533. The molecule has 1 amide bonds. The molecule has 0 aromatic heterocycles. The minimum atomic E-state index is -0.277. The largest absolute Gasteiger partial charge is 0.369 e. The van der Waals surface area contributed by atoms with Gasteiger partial charge < -0.3 is 15.5 Å². The van der Waals surface area contributed by atoms with E-state index >= 15 is 0 Å². The van der Waals surface area contributed by atoms with Crippen LogP contribution in [-0.2, 0) is 4.79 Å². The molecule has 0 radical (unpaired) electrons. The second-order valence-electron chi connectivity index (χ2n) is 5.67. The predicted molar refractivity (Wildman–Crippen MR) is 81.9 cm³/mol. The van der Waals surface area contributed by atoms with Gasteiger partial charge in [-0.2, -0.15) is 0 Å². The molecule has 0 aliphatic carbocycles. The molecule has 0 unspecified atom stereocenters. The summed E-state index contributed by atoms with van der Waals surface area (Å²) in [6.45, 7) is 2.69. The van der Waals surface area contributed by atoms with Crippen LogP contribution in [0.15, 0.2) is 24.3 Å². The van der Waals surface area contributed by atoms with Crippen molar-refractivity contribution in [2.24, 2.45) is 5.73 Å². The van der Waals surface area contributed by atoms with Crippen LogP contribution in [0.3, 0.4) is 0 Å². The molecule has 110 valence electrons. The molecule has 1 aromatic carbocycles. The van der Waals surface area contributed by atoms with Gasteiger partial charge in [-0.05, 0) is 44.8 Å². The van der Waals surface area contributed by atoms with E-state index in [0.29, 0.717) is 17.6 Å². The molecule has 1 fully saturated rings. The molecule has 20 heavy (non-hydrogen) atoms. The van der Waals surface area contributed by atoms with E-state index in [1.54, 1.807) is 12.1 Å². The summed E-state index contributed by atoms with van der Waals surface area (Å²) in [5, 5.41) is 0.672. The molecule has 2 atom stereocenters. The van der Waals surface area contributed by atoms with Gasteiger partial charge in [0.25, 0.3) is 0 Å². The van der Waals surface area contributed by atoms with E-state index in [4.69, 9.17) is 17.3 Å². The average Bonchev–Trinajstić information content (AvgIpc) is 2.86. The van der Waals surface area contributed by atoms with Gasteiger partial charge in [0.05, 0.1) is 5.92 Å². The maximum Gasteiger partial charge on any atom is 0.226 e. The van der Waals surface area contributed by atoms with Crippen LogP contribution in [0.4, 0.5) is 0 Å². The third-order valence-electron chi connectivity index (χ3n) is 4.03. The van der Waals surface area contributed by atoms with Crippen molar-refractivity contribution in [1.82, 2.24) is 9.80 Å². The summed E-state index contributed by atoms with van der Waals surface area (Å²) in [6.07, 6.45) is 1.14. The summed E-state index contributed by atoms with van der Waals surface area (Å²) in [5.74, 6) is -0.547. The Hall–Kier alpha value is -1.10. The van der Waals surface area contributed by atoms with Crippen molar-refractivity contribution in [2.75, 3.05) is 33.7 Å². The van der Waals surface area contributed by atoms with Crippen LogP contribution in [0.25, 0.3) is 0 Å². The number of nitrogens with zero attached hydrogens (tertiary/aromatic N) is 2. The third-order valence-corrected chi connectivity index (χ3v) is 4.29. The number of nitrogens with two attached hydrogens (primary N) is 1. The normalized spacial score (nSPS) is 21.3. The van der Waals surface area contributed by atoms with Crippen molar-refractivity contribution >= 4 is 17.5 Å². The topological polar surface area (TPSA) is 49.6 Å². The summed E-state index contributed by atoms with van der Waals surface area (Å²) in [7, 11) is 4.19. The Morgan fingerprint density at radius 1 is 1.45 bits per heavy atom. The first-order valence-corrected chi connectivity index (χ1v) is 7.28. The maximum atomic E-state index is 11.7. The smallest absolute Gasteiger partial charge is 0.226 e. The van der Waals surface area contributed by atoms with Crippen LogP contribution in [-0.4, -0.2) is 55.5 Å². The molecule has 5 heteroatoms. The van der Waals surface area contributed by atoms with Gasteiger partial charge in [-0.15, -0.1) is 0 Å². The Labute approximate surface area is 125 Å². The van der Waals surface area contributed by atoms with Crippen LogP contribution in [0.5, 0.6) is 0 Å². The molecule has 1 heterocycles. The number of primary amides is 1. The predicted octanol–water partition coefficient (Wildman–Crippen LogP) is 1.54. The van der Waals surface area contributed by atoms with E-state index in [0.717, 1.165) is 25.1 Å². The van der Waals surface area contributed by atoms with Crippen molar-refractivity contribution in [3.05, 3.63) is 34.9 Å². The minimum absolute atomic E-state index is 0.270. The number of likely N-dealkylation sites (N-methyl/N-ethyl adjacent to an activating group) is 1. The van der Waals surface area contributed by atoms with Crippen LogP contribution >= 0.6 is 11.6 Å². The van der Waals surface area contributed by atoms with Crippen molar-refractivity contribution in [3.8, 4) is 0 Å². The van der Waals surface area contributed by atoms with E-state index in [9.17, 15) is 4.79 Å². The number of amides is 1. The van der Waals surface area contributed by atoms with Crippen molar-refractivity contribution in [1.29, 1.82) is 0 Å². The Balaban J connectivity index is 2.04. The number of benzene rings is 1. The molecular formula is C15H22ClN3O. The summed E-state index contributed by atoms with van der Waals surface area (Å²) in [6, 6.07) is 7.95. The Kier molecular flexibility index (Phi) is 5.02. The summed E-state index contributed by atoms with van der Waals surface area (Å²) in [4.78, 5) is 16.3. The highest BCUT2D eigenvalue weighted by molar-refractivity contribution is 6.30. The highest BCUT2D eigenvalue weighted by Crippen LogP contribution is 2.22. The highest BCUT2D eigenvalue weighted by Gasteiger charge is 2.28. The zero-order valence-electron chi connectivity index (χ0n) is 12.1. The minimum Gasteiger partial charge on any atom is -0.369 e. The number of hydrogen-bond donors (Lipinski definition) is 1. The fourth-order valence-electron chi connectivity index (χ4n) is 2.71. The Bertz CT molecular complexity index is 461. The van der Waals surface area contributed by atoms with Gasteiger partial charge in [-0.25, -0.2) is 0 Å². The molecule has 2 N–H and O–H groups in total. The fourth-order valence-corrected chi connectivity index (χ4v) is 2.84. The van der Waals surface area contributed by atoms with E-state index in [1.165, 1.54) is 0 Å². The summed E-state index contributed by atoms with van der Waals surface area (Å²) < 4.78 is 0. The lowest BCUT2D eigenvalue weighted by atomic mass is 9.98. The maximum absolute atomic E-state index is 11.7. The monoisotopic (exact) mass is 295 g/mol. The highest BCUT2D eigenvalue weighted by atomic mass is 35.5. The van der Waals surface area contributed by atoms with E-state index in [1.807, 2.05) is 12.1 Å². The molecule has 1 aromatic rings. The van der Waals surface area contributed by atoms with Gasteiger partial charge in [0.2, 0.25) is 5.91 Å². The van der Waals surface area contributed by atoms with Crippen molar-refractivity contribution in [3.63, 3.8) is 0 Å². The molecule has 4 nitrogen and oxygen atoms in total. The van der Waals surface area contributed by atoms with Gasteiger partial charge in [-0.1, -0.05) is 23.7 Å². The Morgan fingerprint density at radius 2 is 2.10 bits per heavy atom. The molecule has 0 bridgehead atoms. The lowest BCUT2D eigenvalue weighted by Gasteiger charge is -2.23. The molecule has 0 spiro atoms. The first kappa shape index (κ1) is 15.3. The van der Waals surface area contributed by atoms with Crippen LogP contribution in [0.2, 0.25) is 5.02 Å². The summed E-state index contributed by atoms with van der Waals surface area (Å²) >= 11 is 5.89. The average molecular weight is 296 g/mol. The quantitative estimate of drug-likeness (QED) is 0.896. The first-order valence-electron chi connectivity index (χ1n) is 6.91. The van der Waals surface area contributed by atoms with Gasteiger partial charge in [0.15, 0.2) is 0 Å². The van der Waals surface area contributed by atoms with Crippen molar-refractivity contribution in [2.45, 2.75) is 18.4 Å². The van der Waals surface area contributed by atoms with Crippen molar-refractivity contribution < 1.29 is 4.79 Å². The SMILES string of the molecule is CN(C)[C@H]1CCN(C[C@@H](C(N)=O)c2ccc(Cl)cc2)C1. The molecule has 1 aliphatic rings. The zero-order chi connectivity index (χ0) is 14.7. The number of carbonyl (C=O) groups is 1. The van der Waals surface area contributed by atoms with E-state index in [-0.39, 0.29) is 11.8 Å². The Morgan fingerprint density at radius 3 is 2.60 bits per heavy atom. The van der Waals surface area contributed by atoms with Crippen LogP contribution < -0.4 is 5.73 Å². The second-order valence-corrected chi connectivity index (χ2v) is 6.11. The standard InChI is InChI=1S/C15H22ClN3O/c1-18(2)13-7-8-19(9-13)10-14(15(17)20)11-3-5-12(16)6-4-11/h3-6,13-14H,7-10H2,1-2H3,(H2,17,20)/t13-,14+/m0/s1. The third kappa shape index (κ3) is 3.72. The van der Waals surface area contributed by atoms with E-state index in [2.05, 4.69) is 23.9 Å². The van der Waals surface area contributed by atoms with E-state index < -0.39 is 0 Å².